The van der Waals surface area contributed by atoms with Crippen molar-refractivity contribution < 1.29 is 9.53 Å². The van der Waals surface area contributed by atoms with E-state index in [0.717, 1.165) is 34.4 Å². The van der Waals surface area contributed by atoms with Gasteiger partial charge in [-0.15, -0.1) is 0 Å². The zero-order valence-electron chi connectivity index (χ0n) is 16.5. The number of nitrogens with zero attached hydrogens (tertiary/aromatic N) is 1. The molecular formula is C23H31NO2. The number of pyridine rings is 1. The molecule has 1 aromatic carbocycles. The fourth-order valence-electron chi connectivity index (χ4n) is 2.94. The second kappa shape index (κ2) is 10.1. The fourth-order valence-corrected chi connectivity index (χ4v) is 2.94. The SMILES string of the molecule is Cc1cnc2cc(/C=C/C(=O)OCCC(C)CCCC(C)C)ccc2c1. The van der Waals surface area contributed by atoms with Crippen molar-refractivity contribution in [3.63, 3.8) is 0 Å². The summed E-state index contributed by atoms with van der Waals surface area (Å²) in [5.41, 5.74) is 3.03. The van der Waals surface area contributed by atoms with Gasteiger partial charge in [-0.2, -0.15) is 0 Å². The van der Waals surface area contributed by atoms with Crippen LogP contribution < -0.4 is 0 Å². The van der Waals surface area contributed by atoms with Crippen molar-refractivity contribution in [2.75, 3.05) is 6.61 Å². The predicted molar refractivity (Wildman–Crippen MR) is 109 cm³/mol. The molecule has 2 aromatic rings. The van der Waals surface area contributed by atoms with Crippen molar-refractivity contribution in [1.82, 2.24) is 4.98 Å². The first-order valence-electron chi connectivity index (χ1n) is 9.65. The number of rotatable bonds is 9. The van der Waals surface area contributed by atoms with Crippen LogP contribution in [0.15, 0.2) is 36.5 Å². The molecule has 140 valence electrons. The zero-order chi connectivity index (χ0) is 18.9. The van der Waals surface area contributed by atoms with Crippen molar-refractivity contribution in [2.45, 2.75) is 53.4 Å². The minimum Gasteiger partial charge on any atom is -0.463 e. The third-order valence-corrected chi connectivity index (χ3v) is 4.59. The molecule has 0 N–H and O–H groups in total. The third kappa shape index (κ3) is 6.99. The number of carbonyl (C=O) groups excluding carboxylic acids is 1. The number of aryl methyl sites for hydroxylation is 1. The van der Waals surface area contributed by atoms with E-state index in [1.54, 1.807) is 6.08 Å². The molecule has 0 saturated heterocycles. The van der Waals surface area contributed by atoms with Gasteiger partial charge in [-0.05, 0) is 54.5 Å². The molecule has 0 amide bonds. The lowest BCUT2D eigenvalue weighted by molar-refractivity contribution is -0.138. The lowest BCUT2D eigenvalue weighted by atomic mass is 9.98. The lowest BCUT2D eigenvalue weighted by Crippen LogP contribution is -2.06. The minimum absolute atomic E-state index is 0.281. The van der Waals surface area contributed by atoms with Crippen LogP contribution in [-0.2, 0) is 9.53 Å². The Balaban J connectivity index is 1.76. The van der Waals surface area contributed by atoms with E-state index in [-0.39, 0.29) is 5.97 Å². The van der Waals surface area contributed by atoms with E-state index in [1.807, 2.05) is 31.3 Å². The van der Waals surface area contributed by atoms with E-state index in [1.165, 1.54) is 25.3 Å². The number of ether oxygens (including phenoxy) is 1. The van der Waals surface area contributed by atoms with Gasteiger partial charge in [-0.1, -0.05) is 52.2 Å². The Morgan fingerprint density at radius 2 is 1.96 bits per heavy atom. The van der Waals surface area contributed by atoms with Crippen LogP contribution in [0.3, 0.4) is 0 Å². The van der Waals surface area contributed by atoms with Crippen LogP contribution in [0.25, 0.3) is 17.0 Å². The molecule has 1 atom stereocenters. The molecule has 0 radical (unpaired) electrons. The molecule has 0 aliphatic heterocycles. The quantitative estimate of drug-likeness (QED) is 0.413. The number of fused-ring (bicyclic) bond motifs is 1. The maximum absolute atomic E-state index is 11.9. The standard InChI is InChI=1S/C23H31NO2/c1-17(2)6-5-7-18(3)12-13-26-23(25)11-9-20-8-10-21-14-19(4)16-24-22(21)15-20/h8-11,14-18H,5-7,12-13H2,1-4H3/b11-9+. The van der Waals surface area contributed by atoms with Gasteiger partial charge in [0.1, 0.15) is 0 Å². The summed E-state index contributed by atoms with van der Waals surface area (Å²) in [5, 5.41) is 1.11. The van der Waals surface area contributed by atoms with E-state index in [4.69, 9.17) is 4.74 Å². The van der Waals surface area contributed by atoms with Crippen LogP contribution >= 0.6 is 0 Å². The summed E-state index contributed by atoms with van der Waals surface area (Å²) in [6.45, 7) is 9.26. The van der Waals surface area contributed by atoms with Gasteiger partial charge in [-0.3, -0.25) is 4.98 Å². The summed E-state index contributed by atoms with van der Waals surface area (Å²) in [5.74, 6) is 1.08. The highest BCUT2D eigenvalue weighted by Gasteiger charge is 2.05. The molecule has 2 rings (SSSR count). The van der Waals surface area contributed by atoms with Gasteiger partial charge >= 0.3 is 5.97 Å². The predicted octanol–water partition coefficient (Wildman–Crippen LogP) is 5.95. The van der Waals surface area contributed by atoms with Gasteiger partial charge < -0.3 is 4.74 Å². The number of hydrogen-bond donors (Lipinski definition) is 0. The second-order valence-electron chi connectivity index (χ2n) is 7.68. The molecule has 1 heterocycles. The van der Waals surface area contributed by atoms with Gasteiger partial charge in [-0.25, -0.2) is 4.79 Å². The first-order valence-corrected chi connectivity index (χ1v) is 9.65. The van der Waals surface area contributed by atoms with Crippen LogP contribution in [-0.4, -0.2) is 17.6 Å². The largest absolute Gasteiger partial charge is 0.463 e. The van der Waals surface area contributed by atoms with Gasteiger partial charge in [0.05, 0.1) is 12.1 Å². The van der Waals surface area contributed by atoms with Crippen molar-refractivity contribution in [1.29, 1.82) is 0 Å². The van der Waals surface area contributed by atoms with E-state index >= 15 is 0 Å². The number of carbonyl (C=O) groups is 1. The average molecular weight is 354 g/mol. The molecule has 0 fully saturated rings. The Bertz CT molecular complexity index is 749. The van der Waals surface area contributed by atoms with Gasteiger partial charge in [0.2, 0.25) is 0 Å². The molecule has 0 aliphatic rings. The Morgan fingerprint density at radius 3 is 2.73 bits per heavy atom. The maximum atomic E-state index is 11.9. The van der Waals surface area contributed by atoms with Crippen LogP contribution in [0.1, 0.15) is 57.6 Å². The normalized spacial score (nSPS) is 12.8. The minimum atomic E-state index is -0.281. The first-order chi connectivity index (χ1) is 12.4. The van der Waals surface area contributed by atoms with Gasteiger partial charge in [0.25, 0.3) is 0 Å². The molecule has 0 aliphatic carbocycles. The van der Waals surface area contributed by atoms with E-state index in [2.05, 4.69) is 31.8 Å². The number of esters is 1. The molecule has 0 bridgehead atoms. The maximum Gasteiger partial charge on any atom is 0.330 e. The van der Waals surface area contributed by atoms with Crippen LogP contribution in [0.5, 0.6) is 0 Å². The van der Waals surface area contributed by atoms with Crippen molar-refractivity contribution in [3.8, 4) is 0 Å². The highest BCUT2D eigenvalue weighted by atomic mass is 16.5. The van der Waals surface area contributed by atoms with E-state index < -0.39 is 0 Å². The molecule has 26 heavy (non-hydrogen) atoms. The molecule has 3 heteroatoms. The Morgan fingerprint density at radius 1 is 1.15 bits per heavy atom. The lowest BCUT2D eigenvalue weighted by Gasteiger charge is -2.11. The van der Waals surface area contributed by atoms with Crippen LogP contribution in [0.2, 0.25) is 0 Å². The van der Waals surface area contributed by atoms with E-state index in [9.17, 15) is 4.79 Å². The number of benzene rings is 1. The molecule has 1 aromatic heterocycles. The summed E-state index contributed by atoms with van der Waals surface area (Å²) >= 11 is 0. The van der Waals surface area contributed by atoms with Crippen LogP contribution in [0, 0.1) is 18.8 Å². The molecule has 1 unspecified atom stereocenters. The Hall–Kier alpha value is -2.16. The monoisotopic (exact) mass is 353 g/mol. The summed E-state index contributed by atoms with van der Waals surface area (Å²) in [6.07, 6.45) is 9.79. The summed E-state index contributed by atoms with van der Waals surface area (Å²) in [7, 11) is 0. The highest BCUT2D eigenvalue weighted by molar-refractivity contribution is 5.88. The van der Waals surface area contributed by atoms with Crippen molar-refractivity contribution in [3.05, 3.63) is 47.7 Å². The van der Waals surface area contributed by atoms with Crippen LogP contribution in [0.4, 0.5) is 0 Å². The van der Waals surface area contributed by atoms with Crippen molar-refractivity contribution in [2.24, 2.45) is 11.8 Å². The Labute approximate surface area is 157 Å². The number of hydrogen-bond acceptors (Lipinski definition) is 3. The fraction of sp³-hybridized carbons (Fsp3) is 0.478. The third-order valence-electron chi connectivity index (χ3n) is 4.59. The first kappa shape index (κ1) is 20.2. The van der Waals surface area contributed by atoms with Gasteiger partial charge in [0.15, 0.2) is 0 Å². The molecular weight excluding hydrogens is 322 g/mol. The molecule has 0 spiro atoms. The summed E-state index contributed by atoms with van der Waals surface area (Å²) in [4.78, 5) is 16.3. The molecule has 0 saturated carbocycles. The zero-order valence-corrected chi connectivity index (χ0v) is 16.5. The smallest absolute Gasteiger partial charge is 0.330 e. The second-order valence-corrected chi connectivity index (χ2v) is 7.68. The summed E-state index contributed by atoms with van der Waals surface area (Å²) in [6, 6.07) is 8.10. The Kier molecular flexibility index (Phi) is 7.83. The summed E-state index contributed by atoms with van der Waals surface area (Å²) < 4.78 is 5.32. The highest BCUT2D eigenvalue weighted by Crippen LogP contribution is 2.17. The topological polar surface area (TPSA) is 39.2 Å². The molecule has 3 nitrogen and oxygen atoms in total. The van der Waals surface area contributed by atoms with Gasteiger partial charge in [0, 0.05) is 17.7 Å². The number of aromatic nitrogens is 1. The van der Waals surface area contributed by atoms with Crippen molar-refractivity contribution >= 4 is 22.9 Å². The van der Waals surface area contributed by atoms with E-state index in [0.29, 0.717) is 12.5 Å². The average Bonchev–Trinajstić information content (AvgIpc) is 2.59.